The van der Waals surface area contributed by atoms with Crippen molar-refractivity contribution < 1.29 is 17.9 Å². The molecule has 1 fully saturated rings. The van der Waals surface area contributed by atoms with Crippen molar-refractivity contribution in [2.45, 2.75) is 43.5 Å². The topological polar surface area (TPSA) is 75.7 Å². The predicted octanol–water partition coefficient (Wildman–Crippen LogP) is 3.83. The summed E-state index contributed by atoms with van der Waals surface area (Å²) in [6.07, 6.45) is 4.45. The lowest BCUT2D eigenvalue weighted by Crippen LogP contribution is -2.41. The lowest BCUT2D eigenvalue weighted by atomic mass is 9.86. The summed E-state index contributed by atoms with van der Waals surface area (Å²) < 4.78 is 32.5. The zero-order valence-electron chi connectivity index (χ0n) is 17.1. The second kappa shape index (κ2) is 8.86. The van der Waals surface area contributed by atoms with E-state index < -0.39 is 10.0 Å². The van der Waals surface area contributed by atoms with E-state index in [2.05, 4.69) is 12.2 Å². The summed E-state index contributed by atoms with van der Waals surface area (Å²) in [5.41, 5.74) is 0.907. The van der Waals surface area contributed by atoms with Gasteiger partial charge >= 0.3 is 0 Å². The Labute approximate surface area is 172 Å². The van der Waals surface area contributed by atoms with Crippen molar-refractivity contribution in [3.05, 3.63) is 54.1 Å². The number of amides is 1. The van der Waals surface area contributed by atoms with Gasteiger partial charge in [-0.05, 0) is 55.2 Å². The first-order chi connectivity index (χ1) is 13.8. The molecule has 1 aliphatic rings. The molecule has 0 heterocycles. The van der Waals surface area contributed by atoms with Gasteiger partial charge in [-0.1, -0.05) is 31.9 Å². The first kappa shape index (κ1) is 21.2. The second-order valence-electron chi connectivity index (χ2n) is 7.51. The van der Waals surface area contributed by atoms with Gasteiger partial charge in [-0.3, -0.25) is 9.10 Å². The molecule has 1 saturated carbocycles. The molecule has 1 aliphatic carbocycles. The van der Waals surface area contributed by atoms with Gasteiger partial charge in [0.1, 0.15) is 5.75 Å². The number of nitrogens with zero attached hydrogens (tertiary/aromatic N) is 1. The fraction of sp³-hybridized carbons (Fsp3) is 0.409. The van der Waals surface area contributed by atoms with Gasteiger partial charge in [0.25, 0.3) is 15.9 Å². The number of para-hydroxylation sites is 2. The number of methoxy groups -OCH3 is 1. The highest BCUT2D eigenvalue weighted by molar-refractivity contribution is 7.92. The zero-order valence-corrected chi connectivity index (χ0v) is 17.9. The van der Waals surface area contributed by atoms with Crippen LogP contribution in [-0.4, -0.2) is 34.5 Å². The van der Waals surface area contributed by atoms with Gasteiger partial charge in [0.15, 0.2) is 0 Å². The number of rotatable bonds is 6. The van der Waals surface area contributed by atoms with Crippen LogP contribution in [0.15, 0.2) is 53.4 Å². The average molecular weight is 417 g/mol. The SMILES string of the molecule is COc1ccccc1N(C)S(=O)(=O)c1ccc(C(=O)N[C@@H]2CCCC[C@@H]2C)cc1. The molecule has 0 aliphatic heterocycles. The highest BCUT2D eigenvalue weighted by Crippen LogP contribution is 2.31. The van der Waals surface area contributed by atoms with Crippen LogP contribution in [0.4, 0.5) is 5.69 Å². The van der Waals surface area contributed by atoms with Gasteiger partial charge in [0.2, 0.25) is 0 Å². The zero-order chi connectivity index (χ0) is 21.0. The van der Waals surface area contributed by atoms with E-state index in [0.29, 0.717) is 22.9 Å². The maximum Gasteiger partial charge on any atom is 0.264 e. The van der Waals surface area contributed by atoms with Crippen LogP contribution in [-0.2, 0) is 10.0 Å². The molecule has 2 aromatic rings. The molecule has 2 atom stereocenters. The largest absolute Gasteiger partial charge is 0.495 e. The van der Waals surface area contributed by atoms with E-state index in [1.807, 2.05) is 0 Å². The quantitative estimate of drug-likeness (QED) is 0.777. The van der Waals surface area contributed by atoms with Crippen molar-refractivity contribution in [3.8, 4) is 5.75 Å². The molecule has 6 nitrogen and oxygen atoms in total. The van der Waals surface area contributed by atoms with Crippen LogP contribution >= 0.6 is 0 Å². The fourth-order valence-electron chi connectivity index (χ4n) is 3.74. The van der Waals surface area contributed by atoms with Gasteiger partial charge in [0.05, 0.1) is 17.7 Å². The van der Waals surface area contributed by atoms with Gasteiger partial charge in [-0.15, -0.1) is 0 Å². The van der Waals surface area contributed by atoms with Crippen LogP contribution in [0.5, 0.6) is 5.75 Å². The van der Waals surface area contributed by atoms with Gasteiger partial charge < -0.3 is 10.1 Å². The standard InChI is InChI=1S/C22H28N2O4S/c1-16-8-4-5-9-19(16)23-22(25)17-12-14-18(15-13-17)29(26,27)24(2)20-10-6-7-11-21(20)28-3/h6-7,10-16,19H,4-5,8-9H2,1-3H3,(H,23,25)/t16-,19+/m0/s1. The molecule has 0 saturated heterocycles. The van der Waals surface area contributed by atoms with E-state index in [9.17, 15) is 13.2 Å². The van der Waals surface area contributed by atoms with E-state index in [1.54, 1.807) is 36.4 Å². The molecule has 0 aromatic heterocycles. The van der Waals surface area contributed by atoms with E-state index in [4.69, 9.17) is 4.74 Å². The molecule has 0 bridgehead atoms. The summed E-state index contributed by atoms with van der Waals surface area (Å²) in [5, 5.41) is 3.09. The Hall–Kier alpha value is -2.54. The summed E-state index contributed by atoms with van der Waals surface area (Å²) in [4.78, 5) is 12.7. The summed E-state index contributed by atoms with van der Waals surface area (Å²) in [6, 6.07) is 13.2. The Balaban J connectivity index is 1.77. The Morgan fingerprint density at radius 3 is 2.38 bits per heavy atom. The number of carbonyl (C=O) groups excluding carboxylic acids is 1. The third-order valence-corrected chi connectivity index (χ3v) is 7.41. The summed E-state index contributed by atoms with van der Waals surface area (Å²) in [6.45, 7) is 2.16. The molecule has 2 aromatic carbocycles. The van der Waals surface area contributed by atoms with Crippen molar-refractivity contribution in [2.24, 2.45) is 5.92 Å². The Morgan fingerprint density at radius 1 is 1.07 bits per heavy atom. The summed E-state index contributed by atoms with van der Waals surface area (Å²) >= 11 is 0. The van der Waals surface area contributed by atoms with Gasteiger partial charge in [0, 0.05) is 18.7 Å². The highest BCUT2D eigenvalue weighted by Gasteiger charge is 2.25. The minimum Gasteiger partial charge on any atom is -0.495 e. The maximum absolute atomic E-state index is 13.0. The number of hydrogen-bond donors (Lipinski definition) is 1. The van der Waals surface area contributed by atoms with Gasteiger partial charge in [-0.25, -0.2) is 8.42 Å². The molecule has 3 rings (SSSR count). The smallest absolute Gasteiger partial charge is 0.264 e. The lowest BCUT2D eigenvalue weighted by molar-refractivity contribution is 0.0910. The van der Waals surface area contributed by atoms with E-state index in [1.165, 1.54) is 37.0 Å². The normalized spacial score (nSPS) is 19.4. The van der Waals surface area contributed by atoms with Crippen LogP contribution in [0.1, 0.15) is 43.0 Å². The molecule has 7 heteroatoms. The molecule has 1 amide bonds. The number of nitrogens with one attached hydrogen (secondary N) is 1. The predicted molar refractivity (Wildman–Crippen MR) is 114 cm³/mol. The number of ether oxygens (including phenoxy) is 1. The van der Waals surface area contributed by atoms with Gasteiger partial charge in [-0.2, -0.15) is 0 Å². The van der Waals surface area contributed by atoms with E-state index in [0.717, 1.165) is 19.3 Å². The first-order valence-electron chi connectivity index (χ1n) is 9.87. The average Bonchev–Trinajstić information content (AvgIpc) is 2.74. The summed E-state index contributed by atoms with van der Waals surface area (Å²) in [7, 11) is -0.797. The number of carbonyl (C=O) groups is 1. The van der Waals surface area contributed by atoms with E-state index >= 15 is 0 Å². The molecule has 0 spiro atoms. The minimum absolute atomic E-state index is 0.119. The van der Waals surface area contributed by atoms with Crippen molar-refractivity contribution in [1.82, 2.24) is 5.32 Å². The number of anilines is 1. The molecule has 156 valence electrons. The summed E-state index contributed by atoms with van der Waals surface area (Å²) in [5.74, 6) is 0.767. The second-order valence-corrected chi connectivity index (χ2v) is 9.48. The molecule has 1 N–H and O–H groups in total. The Morgan fingerprint density at radius 2 is 1.72 bits per heavy atom. The molecular weight excluding hydrogens is 388 g/mol. The third-order valence-electron chi connectivity index (χ3n) is 5.63. The molecule has 0 unspecified atom stereocenters. The molecule has 29 heavy (non-hydrogen) atoms. The van der Waals surface area contributed by atoms with Crippen LogP contribution < -0.4 is 14.4 Å². The number of benzene rings is 2. The first-order valence-corrected chi connectivity index (χ1v) is 11.3. The number of sulfonamides is 1. The monoisotopic (exact) mass is 416 g/mol. The molecule has 0 radical (unpaired) electrons. The van der Waals surface area contributed by atoms with Crippen LogP contribution in [0.25, 0.3) is 0 Å². The van der Waals surface area contributed by atoms with Crippen molar-refractivity contribution in [3.63, 3.8) is 0 Å². The van der Waals surface area contributed by atoms with Crippen LogP contribution in [0, 0.1) is 5.92 Å². The number of hydrogen-bond acceptors (Lipinski definition) is 4. The van der Waals surface area contributed by atoms with E-state index in [-0.39, 0.29) is 16.8 Å². The molecular formula is C22H28N2O4S. The Kier molecular flexibility index (Phi) is 6.47. The lowest BCUT2D eigenvalue weighted by Gasteiger charge is -2.29. The maximum atomic E-state index is 13.0. The fourth-order valence-corrected chi connectivity index (χ4v) is 4.94. The van der Waals surface area contributed by atoms with Crippen molar-refractivity contribution >= 4 is 21.6 Å². The highest BCUT2D eigenvalue weighted by atomic mass is 32.2. The van der Waals surface area contributed by atoms with Crippen molar-refractivity contribution in [2.75, 3.05) is 18.5 Å². The van der Waals surface area contributed by atoms with Crippen LogP contribution in [0.2, 0.25) is 0 Å². The minimum atomic E-state index is -3.78. The van der Waals surface area contributed by atoms with Crippen molar-refractivity contribution in [1.29, 1.82) is 0 Å². The van der Waals surface area contributed by atoms with Crippen LogP contribution in [0.3, 0.4) is 0 Å². The Bertz CT molecular complexity index is 957. The third kappa shape index (κ3) is 4.56.